The molecule has 0 saturated carbocycles. The molecule has 0 radical (unpaired) electrons. The summed E-state index contributed by atoms with van der Waals surface area (Å²) < 4.78 is 6.73. The lowest BCUT2D eigenvalue weighted by atomic mass is 10.2. The van der Waals surface area contributed by atoms with Crippen LogP contribution in [-0.2, 0) is 9.53 Å². The second-order valence-electron chi connectivity index (χ2n) is 6.24. The van der Waals surface area contributed by atoms with E-state index in [1.807, 2.05) is 35.7 Å². The SMILES string of the molecule is C[C@H](OC(=O)c1ccc(-n2cnnn2)cc1)C(=O)Nc1nc(-c2ccccc2)cs1. The molecule has 0 fully saturated rings. The highest BCUT2D eigenvalue weighted by Gasteiger charge is 2.20. The highest BCUT2D eigenvalue weighted by Crippen LogP contribution is 2.24. The van der Waals surface area contributed by atoms with Crippen LogP contribution in [0.2, 0.25) is 0 Å². The summed E-state index contributed by atoms with van der Waals surface area (Å²) in [5, 5.41) is 15.9. The van der Waals surface area contributed by atoms with E-state index in [2.05, 4.69) is 25.8 Å². The fraction of sp³-hybridized carbons (Fsp3) is 0.100. The van der Waals surface area contributed by atoms with Crippen LogP contribution in [-0.4, -0.2) is 43.2 Å². The zero-order valence-corrected chi connectivity index (χ0v) is 16.6. The highest BCUT2D eigenvalue weighted by molar-refractivity contribution is 7.14. The summed E-state index contributed by atoms with van der Waals surface area (Å²) in [6.07, 6.45) is 0.461. The topological polar surface area (TPSA) is 112 Å². The molecule has 0 bridgehead atoms. The number of rotatable bonds is 6. The molecule has 0 spiro atoms. The van der Waals surface area contributed by atoms with E-state index in [1.165, 1.54) is 29.3 Å². The lowest BCUT2D eigenvalue weighted by molar-refractivity contribution is -0.123. The lowest BCUT2D eigenvalue weighted by Gasteiger charge is -2.12. The van der Waals surface area contributed by atoms with Gasteiger partial charge in [0.2, 0.25) is 0 Å². The molecule has 1 atom stereocenters. The van der Waals surface area contributed by atoms with Gasteiger partial charge in [-0.1, -0.05) is 30.3 Å². The van der Waals surface area contributed by atoms with E-state index in [-0.39, 0.29) is 0 Å². The first-order valence-electron chi connectivity index (χ1n) is 8.96. The molecule has 2 aromatic carbocycles. The van der Waals surface area contributed by atoms with Gasteiger partial charge in [-0.3, -0.25) is 10.1 Å². The maximum atomic E-state index is 12.4. The van der Waals surface area contributed by atoms with E-state index >= 15 is 0 Å². The van der Waals surface area contributed by atoms with Gasteiger partial charge < -0.3 is 4.74 Å². The maximum absolute atomic E-state index is 12.4. The Morgan fingerprint density at radius 1 is 1.10 bits per heavy atom. The van der Waals surface area contributed by atoms with Crippen LogP contribution in [0.3, 0.4) is 0 Å². The molecule has 0 saturated heterocycles. The van der Waals surface area contributed by atoms with Crippen LogP contribution in [0.4, 0.5) is 5.13 Å². The van der Waals surface area contributed by atoms with Crippen molar-refractivity contribution in [3.05, 3.63) is 71.9 Å². The van der Waals surface area contributed by atoms with Gasteiger partial charge in [-0.2, -0.15) is 0 Å². The summed E-state index contributed by atoms with van der Waals surface area (Å²) in [5.74, 6) is -1.06. The zero-order valence-electron chi connectivity index (χ0n) is 15.8. The van der Waals surface area contributed by atoms with Crippen molar-refractivity contribution in [3.63, 3.8) is 0 Å². The van der Waals surface area contributed by atoms with Crippen molar-refractivity contribution in [3.8, 4) is 16.9 Å². The van der Waals surface area contributed by atoms with Gasteiger partial charge in [0.1, 0.15) is 6.33 Å². The number of hydrogen-bond acceptors (Lipinski definition) is 8. The van der Waals surface area contributed by atoms with Crippen molar-refractivity contribution < 1.29 is 14.3 Å². The molecule has 0 aliphatic carbocycles. The van der Waals surface area contributed by atoms with Crippen LogP contribution in [0.1, 0.15) is 17.3 Å². The summed E-state index contributed by atoms with van der Waals surface area (Å²) in [6, 6.07) is 16.2. The number of nitrogens with zero attached hydrogens (tertiary/aromatic N) is 5. The van der Waals surface area contributed by atoms with E-state index < -0.39 is 18.0 Å². The Morgan fingerprint density at radius 2 is 1.87 bits per heavy atom. The smallest absolute Gasteiger partial charge is 0.338 e. The molecule has 4 aromatic rings. The van der Waals surface area contributed by atoms with E-state index in [0.29, 0.717) is 16.4 Å². The van der Waals surface area contributed by atoms with E-state index in [1.54, 1.807) is 24.3 Å². The Balaban J connectivity index is 1.35. The minimum absolute atomic E-state index is 0.312. The van der Waals surface area contributed by atoms with Gasteiger partial charge in [0, 0.05) is 10.9 Å². The number of benzene rings is 2. The van der Waals surface area contributed by atoms with Crippen molar-refractivity contribution in [1.29, 1.82) is 0 Å². The number of hydrogen-bond donors (Lipinski definition) is 1. The fourth-order valence-electron chi connectivity index (χ4n) is 2.59. The fourth-order valence-corrected chi connectivity index (χ4v) is 3.31. The second-order valence-corrected chi connectivity index (χ2v) is 7.10. The normalized spacial score (nSPS) is 11.6. The molecule has 2 heterocycles. The summed E-state index contributed by atoms with van der Waals surface area (Å²) in [6.45, 7) is 1.51. The number of anilines is 1. The molecule has 0 aliphatic heterocycles. The number of thiazole rings is 1. The predicted molar refractivity (Wildman–Crippen MR) is 110 cm³/mol. The van der Waals surface area contributed by atoms with Crippen LogP contribution < -0.4 is 5.32 Å². The first kappa shape index (κ1) is 19.4. The Morgan fingerprint density at radius 3 is 2.57 bits per heavy atom. The third-order valence-corrected chi connectivity index (χ3v) is 4.93. The lowest BCUT2D eigenvalue weighted by Crippen LogP contribution is -2.30. The average molecular weight is 420 g/mol. The Hall–Kier alpha value is -3.92. The third-order valence-electron chi connectivity index (χ3n) is 4.17. The first-order valence-corrected chi connectivity index (χ1v) is 9.84. The maximum Gasteiger partial charge on any atom is 0.338 e. The summed E-state index contributed by atoms with van der Waals surface area (Å²) in [5.41, 5.74) is 2.73. The molecule has 1 N–H and O–H groups in total. The molecule has 30 heavy (non-hydrogen) atoms. The molecular formula is C20H16N6O3S. The molecule has 0 aliphatic rings. The molecule has 0 unspecified atom stereocenters. The largest absolute Gasteiger partial charge is 0.449 e. The predicted octanol–water partition coefficient (Wildman–Crippen LogP) is 2.97. The Bertz CT molecular complexity index is 1140. The number of carbonyl (C=O) groups is 2. The van der Waals surface area contributed by atoms with Crippen LogP contribution in [0.15, 0.2) is 66.3 Å². The van der Waals surface area contributed by atoms with Gasteiger partial charge in [-0.15, -0.1) is 16.4 Å². The number of aromatic nitrogens is 5. The van der Waals surface area contributed by atoms with Crippen molar-refractivity contribution in [2.75, 3.05) is 5.32 Å². The minimum atomic E-state index is -0.985. The molecule has 10 heteroatoms. The van der Waals surface area contributed by atoms with E-state index in [9.17, 15) is 9.59 Å². The Kier molecular flexibility index (Phi) is 5.57. The number of esters is 1. The van der Waals surface area contributed by atoms with Gasteiger partial charge in [0.25, 0.3) is 5.91 Å². The quantitative estimate of drug-likeness (QED) is 0.477. The van der Waals surface area contributed by atoms with Crippen LogP contribution in [0.5, 0.6) is 0 Å². The van der Waals surface area contributed by atoms with Crippen molar-refractivity contribution in [2.45, 2.75) is 13.0 Å². The van der Waals surface area contributed by atoms with Gasteiger partial charge in [-0.05, 0) is 41.6 Å². The molecule has 4 rings (SSSR count). The molecular weight excluding hydrogens is 404 g/mol. The molecule has 2 aromatic heterocycles. The third kappa shape index (κ3) is 4.39. The van der Waals surface area contributed by atoms with Gasteiger partial charge >= 0.3 is 5.97 Å². The van der Waals surface area contributed by atoms with Gasteiger partial charge in [0.05, 0.1) is 16.9 Å². The van der Waals surface area contributed by atoms with Crippen LogP contribution in [0.25, 0.3) is 16.9 Å². The standard InChI is InChI=1S/C20H16N6O3S/c1-13(18(27)23-20-22-17(11-30-20)14-5-3-2-4-6-14)29-19(28)15-7-9-16(10-8-15)26-12-21-24-25-26/h2-13H,1H3,(H,22,23,27)/t13-/m0/s1. The van der Waals surface area contributed by atoms with Crippen LogP contribution in [0, 0.1) is 0 Å². The van der Waals surface area contributed by atoms with Crippen LogP contribution >= 0.6 is 11.3 Å². The number of carbonyl (C=O) groups excluding carboxylic acids is 2. The average Bonchev–Trinajstić information content (AvgIpc) is 3.47. The summed E-state index contributed by atoms with van der Waals surface area (Å²) in [7, 11) is 0. The summed E-state index contributed by atoms with van der Waals surface area (Å²) >= 11 is 1.30. The first-order chi connectivity index (χ1) is 14.6. The van der Waals surface area contributed by atoms with Gasteiger partial charge in [-0.25, -0.2) is 14.5 Å². The number of ether oxygens (including phenoxy) is 1. The molecule has 1 amide bonds. The van der Waals surface area contributed by atoms with Crippen molar-refractivity contribution >= 4 is 28.3 Å². The number of nitrogens with one attached hydrogen (secondary N) is 1. The number of amides is 1. The van der Waals surface area contributed by atoms with Crippen molar-refractivity contribution in [1.82, 2.24) is 25.2 Å². The second kappa shape index (κ2) is 8.62. The molecule has 9 nitrogen and oxygen atoms in total. The van der Waals surface area contributed by atoms with Crippen molar-refractivity contribution in [2.24, 2.45) is 0 Å². The van der Waals surface area contributed by atoms with Gasteiger partial charge in [0.15, 0.2) is 11.2 Å². The zero-order chi connectivity index (χ0) is 20.9. The van der Waals surface area contributed by atoms with E-state index in [4.69, 9.17) is 4.74 Å². The summed E-state index contributed by atoms with van der Waals surface area (Å²) in [4.78, 5) is 29.1. The highest BCUT2D eigenvalue weighted by atomic mass is 32.1. The Labute approximate surface area is 175 Å². The van der Waals surface area contributed by atoms with E-state index in [0.717, 1.165) is 11.3 Å². The number of tetrazole rings is 1. The monoisotopic (exact) mass is 420 g/mol. The minimum Gasteiger partial charge on any atom is -0.449 e. The molecule has 150 valence electrons.